The van der Waals surface area contributed by atoms with Gasteiger partial charge in [-0.25, -0.2) is 8.78 Å². The summed E-state index contributed by atoms with van der Waals surface area (Å²) in [5, 5.41) is 0. The third kappa shape index (κ3) is 3.65. The van der Waals surface area contributed by atoms with Crippen molar-refractivity contribution in [3.63, 3.8) is 0 Å². The van der Waals surface area contributed by atoms with E-state index in [0.29, 0.717) is 6.07 Å². The SMILES string of the molecule is COCc1cc(C)cc(C(F)(C(F)(F)F)C(F)(F)F)c1-c1ccccc1F. The lowest BCUT2D eigenvalue weighted by Crippen LogP contribution is -2.50. The molecule has 0 unspecified atom stereocenters. The van der Waals surface area contributed by atoms with Gasteiger partial charge in [-0.2, -0.15) is 26.3 Å². The van der Waals surface area contributed by atoms with Gasteiger partial charge in [0.15, 0.2) is 0 Å². The van der Waals surface area contributed by atoms with E-state index < -0.39 is 47.1 Å². The number of aryl methyl sites for hydroxylation is 1. The average molecular weight is 398 g/mol. The van der Waals surface area contributed by atoms with Crippen molar-refractivity contribution < 1.29 is 39.9 Å². The maximum absolute atomic E-state index is 14.8. The molecule has 148 valence electrons. The molecule has 27 heavy (non-hydrogen) atoms. The van der Waals surface area contributed by atoms with Crippen LogP contribution in [0.25, 0.3) is 11.1 Å². The first kappa shape index (κ1) is 21.1. The van der Waals surface area contributed by atoms with E-state index in [2.05, 4.69) is 0 Å². The summed E-state index contributed by atoms with van der Waals surface area (Å²) in [6.45, 7) is 0.769. The third-order valence-corrected chi connectivity index (χ3v) is 3.96. The van der Waals surface area contributed by atoms with Crippen molar-refractivity contribution in [1.29, 1.82) is 0 Å². The summed E-state index contributed by atoms with van der Waals surface area (Å²) in [5.41, 5.74) is -9.10. The van der Waals surface area contributed by atoms with Gasteiger partial charge in [-0.15, -0.1) is 0 Å². The molecule has 9 heteroatoms. The van der Waals surface area contributed by atoms with Gasteiger partial charge in [0.1, 0.15) is 5.82 Å². The Kier molecular flexibility index (Phi) is 5.56. The molecule has 0 atom stereocenters. The van der Waals surface area contributed by atoms with Gasteiger partial charge in [-0.3, -0.25) is 0 Å². The Bertz CT molecular complexity index is 809. The van der Waals surface area contributed by atoms with Crippen LogP contribution in [0.5, 0.6) is 0 Å². The number of halogens is 8. The number of hydrogen-bond acceptors (Lipinski definition) is 1. The monoisotopic (exact) mass is 398 g/mol. The number of alkyl halides is 7. The van der Waals surface area contributed by atoms with Crippen molar-refractivity contribution in [2.75, 3.05) is 7.11 Å². The largest absolute Gasteiger partial charge is 0.435 e. The fourth-order valence-electron chi connectivity index (χ4n) is 2.85. The van der Waals surface area contributed by atoms with E-state index in [1.165, 1.54) is 25.1 Å². The molecule has 0 aliphatic carbocycles. The molecule has 2 aromatic carbocycles. The van der Waals surface area contributed by atoms with E-state index in [0.717, 1.165) is 19.2 Å². The number of methoxy groups -OCH3 is 1. The van der Waals surface area contributed by atoms with Crippen LogP contribution in [0.15, 0.2) is 36.4 Å². The fourth-order valence-corrected chi connectivity index (χ4v) is 2.85. The Labute approximate surface area is 149 Å². The molecule has 0 radical (unpaired) electrons. The standard InChI is InChI=1S/C18H14F8O/c1-10-7-11(9-27-2)15(12-5-3-4-6-14(12)19)13(8-10)16(20,17(21,22)23)18(24,25)26/h3-8H,9H2,1-2H3. The predicted octanol–water partition coefficient (Wildman–Crippen LogP) is 6.24. The fraction of sp³-hybridized carbons (Fsp3) is 0.333. The van der Waals surface area contributed by atoms with Gasteiger partial charge < -0.3 is 4.74 Å². The van der Waals surface area contributed by atoms with E-state index in [4.69, 9.17) is 4.74 Å². The summed E-state index contributed by atoms with van der Waals surface area (Å²) in [6.07, 6.45) is -12.6. The number of hydrogen-bond donors (Lipinski definition) is 0. The molecule has 0 fully saturated rings. The molecule has 0 amide bonds. The first-order chi connectivity index (χ1) is 12.3. The molecule has 0 saturated carbocycles. The summed E-state index contributed by atoms with van der Waals surface area (Å²) >= 11 is 0. The van der Waals surface area contributed by atoms with Crippen LogP contribution in [-0.4, -0.2) is 19.5 Å². The van der Waals surface area contributed by atoms with Crippen LogP contribution in [0.2, 0.25) is 0 Å². The normalized spacial score (nSPS) is 13.1. The molecule has 0 aliphatic rings. The molecular formula is C18H14F8O. The smallest absolute Gasteiger partial charge is 0.380 e. The molecule has 2 rings (SSSR count). The van der Waals surface area contributed by atoms with Crippen LogP contribution in [0.4, 0.5) is 35.1 Å². The van der Waals surface area contributed by atoms with E-state index in [1.807, 2.05) is 0 Å². The zero-order valence-corrected chi connectivity index (χ0v) is 14.1. The van der Waals surface area contributed by atoms with Gasteiger partial charge in [-0.05, 0) is 24.1 Å². The van der Waals surface area contributed by atoms with Crippen LogP contribution < -0.4 is 0 Å². The molecule has 0 heterocycles. The molecule has 0 saturated heterocycles. The Balaban J connectivity index is 3.01. The zero-order chi connectivity index (χ0) is 20.6. The first-order valence-corrected chi connectivity index (χ1v) is 7.54. The maximum Gasteiger partial charge on any atom is 0.435 e. The Morgan fingerprint density at radius 1 is 0.889 bits per heavy atom. The van der Waals surface area contributed by atoms with Crippen LogP contribution in [-0.2, 0) is 17.0 Å². The topological polar surface area (TPSA) is 9.23 Å². The van der Waals surface area contributed by atoms with Crippen molar-refractivity contribution in [2.24, 2.45) is 0 Å². The minimum atomic E-state index is -6.32. The molecule has 0 N–H and O–H groups in total. The summed E-state index contributed by atoms with van der Waals surface area (Å²) < 4.78 is 114. The van der Waals surface area contributed by atoms with E-state index in [9.17, 15) is 35.1 Å². The molecule has 2 aromatic rings. The molecule has 0 spiro atoms. The summed E-state index contributed by atoms with van der Waals surface area (Å²) in [7, 11) is 1.16. The lowest BCUT2D eigenvalue weighted by molar-refractivity contribution is -0.348. The van der Waals surface area contributed by atoms with Gasteiger partial charge in [0.05, 0.1) is 6.61 Å². The van der Waals surface area contributed by atoms with Crippen molar-refractivity contribution in [3.8, 4) is 11.1 Å². The van der Waals surface area contributed by atoms with Gasteiger partial charge in [0, 0.05) is 18.2 Å². The highest BCUT2D eigenvalue weighted by molar-refractivity contribution is 5.74. The van der Waals surface area contributed by atoms with Crippen molar-refractivity contribution >= 4 is 0 Å². The van der Waals surface area contributed by atoms with Crippen LogP contribution in [0.1, 0.15) is 16.7 Å². The second kappa shape index (κ2) is 7.10. The van der Waals surface area contributed by atoms with E-state index >= 15 is 0 Å². The van der Waals surface area contributed by atoms with E-state index in [-0.39, 0.29) is 11.1 Å². The van der Waals surface area contributed by atoms with Gasteiger partial charge in [0.2, 0.25) is 0 Å². The first-order valence-electron chi connectivity index (χ1n) is 7.54. The summed E-state index contributed by atoms with van der Waals surface area (Å²) in [5.74, 6) is -1.09. The zero-order valence-electron chi connectivity index (χ0n) is 14.1. The van der Waals surface area contributed by atoms with E-state index in [1.54, 1.807) is 0 Å². The van der Waals surface area contributed by atoms with Gasteiger partial charge >= 0.3 is 18.0 Å². The minimum absolute atomic E-state index is 0.0623. The third-order valence-electron chi connectivity index (χ3n) is 3.96. The second-order valence-corrected chi connectivity index (χ2v) is 5.91. The number of benzene rings is 2. The lowest BCUT2D eigenvalue weighted by atomic mass is 9.83. The maximum atomic E-state index is 14.8. The minimum Gasteiger partial charge on any atom is -0.380 e. The predicted molar refractivity (Wildman–Crippen MR) is 82.2 cm³/mol. The van der Waals surface area contributed by atoms with Crippen LogP contribution in [0, 0.1) is 12.7 Å². The van der Waals surface area contributed by atoms with Crippen molar-refractivity contribution in [3.05, 3.63) is 58.9 Å². The van der Waals surface area contributed by atoms with Crippen LogP contribution in [0.3, 0.4) is 0 Å². The molecule has 0 aromatic heterocycles. The number of ether oxygens (including phenoxy) is 1. The van der Waals surface area contributed by atoms with Crippen molar-refractivity contribution in [2.45, 2.75) is 31.6 Å². The molecular weight excluding hydrogens is 384 g/mol. The Hall–Kier alpha value is -2.16. The Morgan fingerprint density at radius 2 is 1.44 bits per heavy atom. The average Bonchev–Trinajstić information content (AvgIpc) is 2.53. The van der Waals surface area contributed by atoms with Crippen LogP contribution >= 0.6 is 0 Å². The lowest BCUT2D eigenvalue weighted by Gasteiger charge is -2.33. The molecule has 0 aliphatic heterocycles. The summed E-state index contributed by atoms with van der Waals surface area (Å²) in [4.78, 5) is 0. The second-order valence-electron chi connectivity index (χ2n) is 5.91. The summed E-state index contributed by atoms with van der Waals surface area (Å²) in [6, 6.07) is 5.93. The Morgan fingerprint density at radius 3 is 1.93 bits per heavy atom. The van der Waals surface area contributed by atoms with Gasteiger partial charge in [0.25, 0.3) is 0 Å². The number of rotatable bonds is 4. The highest BCUT2D eigenvalue weighted by Gasteiger charge is 2.74. The highest BCUT2D eigenvalue weighted by Crippen LogP contribution is 2.56. The van der Waals surface area contributed by atoms with Crippen molar-refractivity contribution in [1.82, 2.24) is 0 Å². The molecule has 0 bridgehead atoms. The quantitative estimate of drug-likeness (QED) is 0.555. The molecule has 1 nitrogen and oxygen atoms in total. The highest BCUT2D eigenvalue weighted by atomic mass is 19.4. The van der Waals surface area contributed by atoms with Gasteiger partial charge in [-0.1, -0.05) is 35.9 Å².